The molecule has 1 heterocycles. The smallest absolute Gasteiger partial charge is 0.222 e. The van der Waals surface area contributed by atoms with E-state index < -0.39 is 0 Å². The van der Waals surface area contributed by atoms with Crippen LogP contribution in [0.25, 0.3) is 0 Å². The Balaban J connectivity index is 1.68. The number of amides is 1. The van der Waals surface area contributed by atoms with Gasteiger partial charge in [-0.15, -0.1) is 4.91 Å². The zero-order valence-corrected chi connectivity index (χ0v) is 10.3. The van der Waals surface area contributed by atoms with Crippen molar-refractivity contribution in [3.63, 3.8) is 0 Å². The summed E-state index contributed by atoms with van der Waals surface area (Å²) in [5, 5.41) is 6.10. The summed E-state index contributed by atoms with van der Waals surface area (Å²) in [7, 11) is 0. The molecule has 0 aliphatic carbocycles. The Kier molecular flexibility index (Phi) is 4.28. The third-order valence-corrected chi connectivity index (χ3v) is 3.08. The van der Waals surface area contributed by atoms with Crippen LogP contribution >= 0.6 is 0 Å². The minimum absolute atomic E-state index is 0.274. The molecular weight excluding hydrogens is 230 g/mol. The number of carbonyl (C=O) groups excluding carboxylic acids is 1. The Morgan fingerprint density at radius 3 is 2.67 bits per heavy atom. The van der Waals surface area contributed by atoms with Crippen molar-refractivity contribution in [2.45, 2.75) is 19.3 Å². The third kappa shape index (κ3) is 3.29. The Hall–Kier alpha value is -1.91. The molecule has 0 saturated carbocycles. The third-order valence-electron chi connectivity index (χ3n) is 3.08. The SMILES string of the molecule is O=Nc1ccc(NCCCN2CCCC2=O)cc1. The van der Waals surface area contributed by atoms with Crippen molar-refractivity contribution in [2.24, 2.45) is 5.18 Å². The van der Waals surface area contributed by atoms with Crippen LogP contribution < -0.4 is 5.32 Å². The number of rotatable bonds is 6. The van der Waals surface area contributed by atoms with Crippen LogP contribution in [0.2, 0.25) is 0 Å². The van der Waals surface area contributed by atoms with Gasteiger partial charge in [-0.3, -0.25) is 4.79 Å². The molecule has 1 N–H and O–H groups in total. The molecular formula is C13H17N3O2. The number of benzene rings is 1. The molecule has 1 fully saturated rings. The fraction of sp³-hybridized carbons (Fsp3) is 0.462. The second-order valence-electron chi connectivity index (χ2n) is 4.40. The molecule has 0 aromatic heterocycles. The average molecular weight is 247 g/mol. The van der Waals surface area contributed by atoms with Gasteiger partial charge in [0.2, 0.25) is 5.91 Å². The Morgan fingerprint density at radius 1 is 1.28 bits per heavy atom. The van der Waals surface area contributed by atoms with Gasteiger partial charge in [0, 0.05) is 31.7 Å². The van der Waals surface area contributed by atoms with E-state index in [0.717, 1.165) is 38.2 Å². The van der Waals surface area contributed by atoms with Gasteiger partial charge in [-0.2, -0.15) is 0 Å². The predicted molar refractivity (Wildman–Crippen MR) is 70.8 cm³/mol. The Bertz CT molecular complexity index is 417. The molecule has 1 aromatic rings. The molecule has 0 spiro atoms. The van der Waals surface area contributed by atoms with Gasteiger partial charge in [0.25, 0.3) is 0 Å². The molecule has 5 nitrogen and oxygen atoms in total. The van der Waals surface area contributed by atoms with E-state index in [1.165, 1.54) is 0 Å². The monoisotopic (exact) mass is 247 g/mol. The minimum atomic E-state index is 0.274. The normalized spacial score (nSPS) is 14.9. The van der Waals surface area contributed by atoms with Crippen LogP contribution in [0.5, 0.6) is 0 Å². The van der Waals surface area contributed by atoms with Crippen molar-refractivity contribution >= 4 is 17.3 Å². The summed E-state index contributed by atoms with van der Waals surface area (Å²) in [6, 6.07) is 7.02. The van der Waals surface area contributed by atoms with E-state index in [1.807, 2.05) is 17.0 Å². The topological polar surface area (TPSA) is 61.8 Å². The van der Waals surface area contributed by atoms with Crippen molar-refractivity contribution < 1.29 is 4.79 Å². The van der Waals surface area contributed by atoms with Crippen molar-refractivity contribution in [2.75, 3.05) is 25.0 Å². The van der Waals surface area contributed by atoms with Crippen LogP contribution in [-0.2, 0) is 4.79 Å². The molecule has 1 aliphatic rings. The zero-order valence-electron chi connectivity index (χ0n) is 10.3. The second kappa shape index (κ2) is 6.14. The van der Waals surface area contributed by atoms with Crippen LogP contribution in [0.3, 0.4) is 0 Å². The van der Waals surface area contributed by atoms with Crippen LogP contribution in [-0.4, -0.2) is 30.4 Å². The molecule has 1 aromatic carbocycles. The van der Waals surface area contributed by atoms with Crippen molar-refractivity contribution in [3.05, 3.63) is 29.2 Å². The Labute approximate surface area is 106 Å². The lowest BCUT2D eigenvalue weighted by molar-refractivity contribution is -0.127. The first kappa shape index (κ1) is 12.5. The first-order valence-electron chi connectivity index (χ1n) is 6.24. The molecule has 2 rings (SSSR count). The average Bonchev–Trinajstić information content (AvgIpc) is 2.81. The molecule has 0 radical (unpaired) electrons. The molecule has 0 atom stereocenters. The van der Waals surface area contributed by atoms with Gasteiger partial charge in [0.15, 0.2) is 0 Å². The van der Waals surface area contributed by atoms with Crippen molar-refractivity contribution in [1.29, 1.82) is 0 Å². The van der Waals surface area contributed by atoms with Crippen LogP contribution in [0.4, 0.5) is 11.4 Å². The maximum Gasteiger partial charge on any atom is 0.222 e. The Morgan fingerprint density at radius 2 is 2.06 bits per heavy atom. The highest BCUT2D eigenvalue weighted by Crippen LogP contribution is 2.15. The molecule has 1 saturated heterocycles. The van der Waals surface area contributed by atoms with E-state index in [2.05, 4.69) is 10.5 Å². The molecule has 0 unspecified atom stereocenters. The number of nitrogens with zero attached hydrogens (tertiary/aromatic N) is 2. The maximum absolute atomic E-state index is 11.4. The highest BCUT2D eigenvalue weighted by Gasteiger charge is 2.18. The highest BCUT2D eigenvalue weighted by atomic mass is 16.3. The second-order valence-corrected chi connectivity index (χ2v) is 4.40. The number of carbonyl (C=O) groups is 1. The first-order chi connectivity index (χ1) is 8.79. The summed E-state index contributed by atoms with van der Waals surface area (Å²) < 4.78 is 0. The summed E-state index contributed by atoms with van der Waals surface area (Å²) in [5.74, 6) is 0.274. The lowest BCUT2D eigenvalue weighted by atomic mass is 10.3. The van der Waals surface area contributed by atoms with Gasteiger partial charge in [-0.25, -0.2) is 0 Å². The lowest BCUT2D eigenvalue weighted by Gasteiger charge is -2.15. The molecule has 5 heteroatoms. The summed E-state index contributed by atoms with van der Waals surface area (Å²) in [4.78, 5) is 23.5. The first-order valence-corrected chi connectivity index (χ1v) is 6.24. The number of anilines is 1. The van der Waals surface area contributed by atoms with E-state index in [0.29, 0.717) is 12.1 Å². The summed E-state index contributed by atoms with van der Waals surface area (Å²) in [6.45, 7) is 2.54. The number of hydrogen-bond acceptors (Lipinski definition) is 4. The van der Waals surface area contributed by atoms with Gasteiger partial charge in [0.1, 0.15) is 5.69 Å². The number of nitroso groups, excluding NO2 is 1. The van der Waals surface area contributed by atoms with E-state index in [-0.39, 0.29) is 5.91 Å². The van der Waals surface area contributed by atoms with E-state index in [4.69, 9.17) is 0 Å². The van der Waals surface area contributed by atoms with E-state index in [9.17, 15) is 9.70 Å². The van der Waals surface area contributed by atoms with E-state index in [1.54, 1.807) is 12.1 Å². The van der Waals surface area contributed by atoms with Gasteiger partial charge in [0.05, 0.1) is 0 Å². The number of nitrogens with one attached hydrogen (secondary N) is 1. The predicted octanol–water partition coefficient (Wildman–Crippen LogP) is 2.51. The van der Waals surface area contributed by atoms with Gasteiger partial charge in [-0.05, 0) is 42.3 Å². The van der Waals surface area contributed by atoms with Gasteiger partial charge >= 0.3 is 0 Å². The fourth-order valence-corrected chi connectivity index (χ4v) is 2.08. The molecule has 1 amide bonds. The summed E-state index contributed by atoms with van der Waals surface area (Å²) in [6.07, 6.45) is 2.62. The lowest BCUT2D eigenvalue weighted by Crippen LogP contribution is -2.26. The fourth-order valence-electron chi connectivity index (χ4n) is 2.08. The van der Waals surface area contributed by atoms with Crippen molar-refractivity contribution in [1.82, 2.24) is 4.90 Å². The molecule has 0 bridgehead atoms. The zero-order chi connectivity index (χ0) is 12.8. The largest absolute Gasteiger partial charge is 0.385 e. The molecule has 18 heavy (non-hydrogen) atoms. The highest BCUT2D eigenvalue weighted by molar-refractivity contribution is 5.78. The van der Waals surface area contributed by atoms with Crippen LogP contribution in [0.1, 0.15) is 19.3 Å². The van der Waals surface area contributed by atoms with Crippen LogP contribution in [0, 0.1) is 4.91 Å². The summed E-state index contributed by atoms with van der Waals surface area (Å²) >= 11 is 0. The molecule has 1 aliphatic heterocycles. The standard InChI is InChI=1S/C13H17N3O2/c17-13-3-1-9-16(13)10-2-8-14-11-4-6-12(15-18)7-5-11/h4-7,14H,1-3,8-10H2. The number of hydrogen-bond donors (Lipinski definition) is 1. The van der Waals surface area contributed by atoms with E-state index >= 15 is 0 Å². The van der Waals surface area contributed by atoms with Crippen molar-refractivity contribution in [3.8, 4) is 0 Å². The quantitative estimate of drug-likeness (QED) is 0.620. The van der Waals surface area contributed by atoms with Gasteiger partial charge in [-0.1, -0.05) is 0 Å². The maximum atomic E-state index is 11.4. The number of likely N-dealkylation sites (tertiary alicyclic amines) is 1. The van der Waals surface area contributed by atoms with Crippen LogP contribution in [0.15, 0.2) is 29.4 Å². The minimum Gasteiger partial charge on any atom is -0.385 e. The van der Waals surface area contributed by atoms with Gasteiger partial charge < -0.3 is 10.2 Å². The summed E-state index contributed by atoms with van der Waals surface area (Å²) in [5.41, 5.74) is 1.40. The molecule has 96 valence electrons.